The monoisotopic (exact) mass is 384 g/mol. The van der Waals surface area contributed by atoms with Gasteiger partial charge < -0.3 is 9.47 Å². The van der Waals surface area contributed by atoms with Gasteiger partial charge in [0.05, 0.1) is 18.1 Å². The van der Waals surface area contributed by atoms with Crippen molar-refractivity contribution in [2.75, 3.05) is 27.3 Å². The van der Waals surface area contributed by atoms with Gasteiger partial charge in [-0.1, -0.05) is 0 Å². The largest absolute Gasteiger partial charge is 0.497 e. The van der Waals surface area contributed by atoms with Gasteiger partial charge in [-0.15, -0.1) is 0 Å². The van der Waals surface area contributed by atoms with Crippen molar-refractivity contribution < 1.29 is 27.2 Å². The normalized spacial score (nSPS) is 11.4. The number of sulfonamides is 1. The molecule has 0 fully saturated rings. The number of methoxy groups -OCH3 is 1. The Labute approximate surface area is 150 Å². The Kier molecular flexibility index (Phi) is 6.11. The van der Waals surface area contributed by atoms with Gasteiger partial charge in [-0.2, -0.15) is 4.31 Å². The second-order valence-electron chi connectivity index (χ2n) is 5.22. The Balaban J connectivity index is 2.13. The molecule has 2 aromatic rings. The molecule has 2 rings (SSSR count). The summed E-state index contributed by atoms with van der Waals surface area (Å²) in [7, 11) is -1.49. The molecule has 0 N–H and O–H groups in total. The van der Waals surface area contributed by atoms with Gasteiger partial charge >= 0.3 is 0 Å². The zero-order valence-electron chi connectivity index (χ0n) is 14.1. The number of nitrogens with zero attached hydrogens (tertiary/aromatic N) is 2. The predicted octanol–water partition coefficient (Wildman–Crippen LogP) is 2.44. The molecule has 26 heavy (non-hydrogen) atoms. The molecule has 0 aromatic heterocycles. The van der Waals surface area contributed by atoms with E-state index in [2.05, 4.69) is 0 Å². The fraction of sp³-hybridized carbons (Fsp3) is 0.250. The lowest BCUT2D eigenvalue weighted by Crippen LogP contribution is -2.31. The molecule has 10 heteroatoms. The van der Waals surface area contributed by atoms with Gasteiger partial charge in [0.1, 0.15) is 23.9 Å². The molecule has 0 bridgehead atoms. The van der Waals surface area contributed by atoms with E-state index in [-0.39, 0.29) is 18.9 Å². The van der Waals surface area contributed by atoms with Crippen LogP contribution in [-0.4, -0.2) is 45.0 Å². The minimum atomic E-state index is -4.10. The number of hydrogen-bond donors (Lipinski definition) is 0. The Morgan fingerprint density at radius 1 is 1.15 bits per heavy atom. The zero-order valence-corrected chi connectivity index (χ0v) is 14.9. The van der Waals surface area contributed by atoms with Gasteiger partial charge in [0, 0.05) is 13.6 Å². The third-order valence-corrected chi connectivity index (χ3v) is 5.44. The molecular weight excluding hydrogens is 367 g/mol. The maximum absolute atomic E-state index is 12.8. The Hall–Kier alpha value is -2.72. The first-order chi connectivity index (χ1) is 12.3. The molecule has 8 nitrogen and oxygen atoms in total. The summed E-state index contributed by atoms with van der Waals surface area (Å²) in [5, 5.41) is 11.2. The first-order valence-corrected chi connectivity index (χ1v) is 8.87. The van der Waals surface area contributed by atoms with Crippen LogP contribution in [0.15, 0.2) is 47.4 Å². The first-order valence-electron chi connectivity index (χ1n) is 7.43. The summed E-state index contributed by atoms with van der Waals surface area (Å²) in [4.78, 5) is 9.98. The van der Waals surface area contributed by atoms with Crippen LogP contribution in [0.4, 0.5) is 10.1 Å². The van der Waals surface area contributed by atoms with Gasteiger partial charge in [-0.3, -0.25) is 10.1 Å². The van der Waals surface area contributed by atoms with Crippen molar-refractivity contribution in [3.8, 4) is 11.5 Å². The maximum atomic E-state index is 12.8. The number of benzene rings is 2. The molecule has 0 amide bonds. The van der Waals surface area contributed by atoms with Crippen LogP contribution < -0.4 is 9.47 Å². The molecule has 0 spiro atoms. The maximum Gasteiger partial charge on any atom is 0.293 e. The van der Waals surface area contributed by atoms with Gasteiger partial charge in [0.2, 0.25) is 10.0 Å². The van der Waals surface area contributed by atoms with Crippen molar-refractivity contribution in [3.05, 3.63) is 58.4 Å². The highest BCUT2D eigenvalue weighted by Crippen LogP contribution is 2.30. The van der Waals surface area contributed by atoms with E-state index in [1.807, 2.05) is 0 Å². The standard InChI is InChI=1S/C16H17FN2O6S/c1-18(9-10-25-13-5-3-12(17)4-6-13)26(22,23)16-8-7-14(24-2)11-15(16)19(20)21/h3-8,11H,9-10H2,1-2H3. The highest BCUT2D eigenvalue weighted by Gasteiger charge is 2.30. The Morgan fingerprint density at radius 2 is 1.77 bits per heavy atom. The van der Waals surface area contributed by atoms with Gasteiger partial charge in [-0.05, 0) is 36.4 Å². The molecule has 0 saturated carbocycles. The highest BCUT2D eigenvalue weighted by molar-refractivity contribution is 7.89. The van der Waals surface area contributed by atoms with E-state index in [0.717, 1.165) is 16.4 Å². The summed E-state index contributed by atoms with van der Waals surface area (Å²) in [5.41, 5.74) is -0.573. The van der Waals surface area contributed by atoms with Gasteiger partial charge in [0.15, 0.2) is 4.90 Å². The molecule has 0 aliphatic rings. The zero-order chi connectivity index (χ0) is 19.3. The van der Waals surface area contributed by atoms with E-state index in [0.29, 0.717) is 5.75 Å². The van der Waals surface area contributed by atoms with Crippen molar-refractivity contribution in [2.45, 2.75) is 4.90 Å². The summed E-state index contributed by atoms with van der Waals surface area (Å²) in [5.74, 6) is 0.148. The first kappa shape index (κ1) is 19.6. The van der Waals surface area contributed by atoms with Crippen molar-refractivity contribution in [2.24, 2.45) is 0 Å². The van der Waals surface area contributed by atoms with E-state index in [1.165, 1.54) is 44.5 Å². The Bertz CT molecular complexity index is 886. The molecule has 0 aliphatic carbocycles. The van der Waals surface area contributed by atoms with E-state index in [4.69, 9.17) is 9.47 Å². The van der Waals surface area contributed by atoms with E-state index in [1.54, 1.807) is 0 Å². The lowest BCUT2D eigenvalue weighted by atomic mass is 10.3. The second kappa shape index (κ2) is 8.11. The third kappa shape index (κ3) is 4.46. The average Bonchev–Trinajstić information content (AvgIpc) is 2.62. The van der Waals surface area contributed by atoms with Crippen molar-refractivity contribution in [3.63, 3.8) is 0 Å². The summed E-state index contributed by atoms with van der Waals surface area (Å²) in [6, 6.07) is 8.78. The van der Waals surface area contributed by atoms with Crippen LogP contribution in [0, 0.1) is 15.9 Å². The number of rotatable bonds is 8. The van der Waals surface area contributed by atoms with Crippen molar-refractivity contribution >= 4 is 15.7 Å². The van der Waals surface area contributed by atoms with Crippen LogP contribution in [-0.2, 0) is 10.0 Å². The van der Waals surface area contributed by atoms with Crippen LogP contribution in [0.1, 0.15) is 0 Å². The summed E-state index contributed by atoms with van der Waals surface area (Å²) >= 11 is 0. The molecule has 140 valence electrons. The average molecular weight is 384 g/mol. The lowest BCUT2D eigenvalue weighted by Gasteiger charge is -2.17. The highest BCUT2D eigenvalue weighted by atomic mass is 32.2. The van der Waals surface area contributed by atoms with Crippen molar-refractivity contribution in [1.29, 1.82) is 0 Å². The summed E-state index contributed by atoms with van der Waals surface area (Å²) in [6.45, 7) is -0.0613. The molecule has 0 heterocycles. The second-order valence-corrected chi connectivity index (χ2v) is 7.23. The van der Waals surface area contributed by atoms with Crippen LogP contribution in [0.25, 0.3) is 0 Å². The number of hydrogen-bond acceptors (Lipinski definition) is 6. The van der Waals surface area contributed by atoms with Gasteiger partial charge in [0.25, 0.3) is 5.69 Å². The van der Waals surface area contributed by atoms with Crippen LogP contribution in [0.5, 0.6) is 11.5 Å². The molecule has 0 saturated heterocycles. The minimum Gasteiger partial charge on any atom is -0.497 e. The van der Waals surface area contributed by atoms with E-state index >= 15 is 0 Å². The molecular formula is C16H17FN2O6S. The van der Waals surface area contributed by atoms with Crippen LogP contribution >= 0.6 is 0 Å². The minimum absolute atomic E-state index is 0.00862. The molecule has 0 atom stereocenters. The fourth-order valence-corrected chi connectivity index (χ4v) is 3.38. The van der Waals surface area contributed by atoms with E-state index in [9.17, 15) is 22.9 Å². The van der Waals surface area contributed by atoms with Crippen molar-refractivity contribution in [1.82, 2.24) is 4.31 Å². The van der Waals surface area contributed by atoms with Crippen LogP contribution in [0.2, 0.25) is 0 Å². The number of halogens is 1. The van der Waals surface area contributed by atoms with E-state index < -0.39 is 31.3 Å². The number of likely N-dealkylation sites (N-methyl/N-ethyl adjacent to an activating group) is 1. The quantitative estimate of drug-likeness (QED) is 0.512. The number of ether oxygens (including phenoxy) is 2. The number of nitro groups is 1. The third-order valence-electron chi connectivity index (χ3n) is 3.54. The SMILES string of the molecule is COc1ccc(S(=O)(=O)N(C)CCOc2ccc(F)cc2)c([N+](=O)[O-])c1. The van der Waals surface area contributed by atoms with Gasteiger partial charge in [-0.25, -0.2) is 12.8 Å². The summed E-state index contributed by atoms with van der Waals surface area (Å²) in [6.07, 6.45) is 0. The predicted molar refractivity (Wildman–Crippen MR) is 91.4 cm³/mol. The molecule has 0 unspecified atom stereocenters. The number of nitro benzene ring substituents is 1. The molecule has 0 aliphatic heterocycles. The lowest BCUT2D eigenvalue weighted by molar-refractivity contribution is -0.387. The van der Waals surface area contributed by atoms with Crippen LogP contribution in [0.3, 0.4) is 0 Å². The molecule has 0 radical (unpaired) electrons. The summed E-state index contributed by atoms with van der Waals surface area (Å²) < 4.78 is 49.3. The molecule has 2 aromatic carbocycles. The smallest absolute Gasteiger partial charge is 0.293 e. The fourth-order valence-electron chi connectivity index (χ4n) is 2.10. The topological polar surface area (TPSA) is 99.0 Å². The Morgan fingerprint density at radius 3 is 2.35 bits per heavy atom.